The zero-order valence-corrected chi connectivity index (χ0v) is 11.0. The van der Waals surface area contributed by atoms with E-state index in [1.54, 1.807) is 12.1 Å². The molecule has 3 heteroatoms. The van der Waals surface area contributed by atoms with E-state index in [2.05, 4.69) is 22.4 Å². The molecule has 2 aromatic carbocycles. The van der Waals surface area contributed by atoms with Crippen molar-refractivity contribution in [1.29, 1.82) is 0 Å². The summed E-state index contributed by atoms with van der Waals surface area (Å²) in [5.41, 5.74) is 2.10. The van der Waals surface area contributed by atoms with E-state index < -0.39 is 0 Å². The molecule has 100 valence electrons. The van der Waals surface area contributed by atoms with Crippen molar-refractivity contribution in [3.8, 4) is 0 Å². The minimum Gasteiger partial charge on any atom is -0.309 e. The Morgan fingerprint density at radius 1 is 0.950 bits per heavy atom. The summed E-state index contributed by atoms with van der Waals surface area (Å²) in [5, 5.41) is 5.67. The van der Waals surface area contributed by atoms with E-state index in [0.717, 1.165) is 16.5 Å². The van der Waals surface area contributed by atoms with Crippen molar-refractivity contribution in [2.45, 2.75) is 13.1 Å². The number of rotatable bonds is 4. The van der Waals surface area contributed by atoms with Crippen LogP contribution in [-0.4, -0.2) is 4.98 Å². The van der Waals surface area contributed by atoms with Gasteiger partial charge in [-0.05, 0) is 28.6 Å². The zero-order chi connectivity index (χ0) is 13.8. The fourth-order valence-electron chi connectivity index (χ4n) is 2.31. The van der Waals surface area contributed by atoms with Gasteiger partial charge in [-0.15, -0.1) is 0 Å². The van der Waals surface area contributed by atoms with Gasteiger partial charge in [0.1, 0.15) is 5.82 Å². The molecule has 0 saturated carbocycles. The molecule has 0 amide bonds. The van der Waals surface area contributed by atoms with Crippen LogP contribution in [0.1, 0.15) is 11.1 Å². The molecule has 0 aliphatic carbocycles. The lowest BCUT2D eigenvalue weighted by molar-refractivity contribution is 0.620. The molecular formula is C17H15FN2. The molecule has 0 atom stereocenters. The molecule has 20 heavy (non-hydrogen) atoms. The Morgan fingerprint density at radius 2 is 1.85 bits per heavy atom. The van der Waals surface area contributed by atoms with Gasteiger partial charge < -0.3 is 5.32 Å². The number of hydrogen-bond acceptors (Lipinski definition) is 2. The Hall–Kier alpha value is -2.26. The summed E-state index contributed by atoms with van der Waals surface area (Å²) in [6.07, 6.45) is 3.74. The molecule has 0 aliphatic rings. The van der Waals surface area contributed by atoms with Crippen LogP contribution in [0.3, 0.4) is 0 Å². The Labute approximate surface area is 117 Å². The number of nitrogens with one attached hydrogen (secondary N) is 1. The van der Waals surface area contributed by atoms with Gasteiger partial charge >= 0.3 is 0 Å². The summed E-state index contributed by atoms with van der Waals surface area (Å²) in [6, 6.07) is 14.8. The van der Waals surface area contributed by atoms with Gasteiger partial charge in [0.15, 0.2) is 0 Å². The second kappa shape index (κ2) is 5.80. The number of nitrogens with zero attached hydrogens (tertiary/aromatic N) is 1. The van der Waals surface area contributed by atoms with E-state index in [-0.39, 0.29) is 5.82 Å². The number of halogens is 1. The molecule has 3 rings (SSSR count). The van der Waals surface area contributed by atoms with Gasteiger partial charge in [0.05, 0.1) is 0 Å². The molecule has 3 aromatic rings. The lowest BCUT2D eigenvalue weighted by Crippen LogP contribution is -2.13. The normalized spacial score (nSPS) is 10.8. The Morgan fingerprint density at radius 3 is 2.75 bits per heavy atom. The minimum atomic E-state index is -0.198. The van der Waals surface area contributed by atoms with Crippen LogP contribution in [-0.2, 0) is 13.1 Å². The number of pyridine rings is 1. The molecule has 0 aliphatic heterocycles. The molecule has 1 heterocycles. The van der Waals surface area contributed by atoms with Crippen LogP contribution in [0.25, 0.3) is 10.8 Å². The Bertz CT molecular complexity index is 720. The molecular weight excluding hydrogens is 251 g/mol. The van der Waals surface area contributed by atoms with Gasteiger partial charge in [0.25, 0.3) is 0 Å². The number of hydrogen-bond donors (Lipinski definition) is 1. The smallest absolute Gasteiger partial charge is 0.123 e. The van der Waals surface area contributed by atoms with Crippen LogP contribution >= 0.6 is 0 Å². The predicted octanol–water partition coefficient (Wildman–Crippen LogP) is 3.66. The highest BCUT2D eigenvalue weighted by Gasteiger charge is 2.01. The van der Waals surface area contributed by atoms with Gasteiger partial charge in [-0.2, -0.15) is 0 Å². The molecule has 0 radical (unpaired) electrons. The largest absolute Gasteiger partial charge is 0.309 e. The minimum absolute atomic E-state index is 0.198. The molecule has 0 bridgehead atoms. The van der Waals surface area contributed by atoms with Crippen LogP contribution in [0.4, 0.5) is 4.39 Å². The number of fused-ring (bicyclic) bond motifs is 1. The second-order valence-corrected chi connectivity index (χ2v) is 4.75. The van der Waals surface area contributed by atoms with Crippen LogP contribution in [0, 0.1) is 5.82 Å². The lowest BCUT2D eigenvalue weighted by Gasteiger charge is -2.08. The van der Waals surface area contributed by atoms with Gasteiger partial charge in [-0.25, -0.2) is 4.39 Å². The predicted molar refractivity (Wildman–Crippen MR) is 78.7 cm³/mol. The first-order valence-electron chi connectivity index (χ1n) is 6.60. The van der Waals surface area contributed by atoms with E-state index >= 15 is 0 Å². The summed E-state index contributed by atoms with van der Waals surface area (Å²) < 4.78 is 13.1. The number of benzene rings is 2. The standard InChI is InChI=1S/C17H15FN2/c18-16-6-3-4-13(8-16)9-19-11-15-12-20-10-14-5-1-2-7-17(14)15/h1-8,10,12,19H,9,11H2. The molecule has 2 nitrogen and oxygen atoms in total. The molecule has 0 spiro atoms. The maximum Gasteiger partial charge on any atom is 0.123 e. The molecule has 0 unspecified atom stereocenters. The van der Waals surface area contributed by atoms with Crippen molar-refractivity contribution in [1.82, 2.24) is 10.3 Å². The average Bonchev–Trinajstić information content (AvgIpc) is 2.48. The topological polar surface area (TPSA) is 24.9 Å². The van der Waals surface area contributed by atoms with Crippen molar-refractivity contribution in [3.05, 3.63) is 77.9 Å². The Kier molecular flexibility index (Phi) is 3.70. The summed E-state index contributed by atoms with van der Waals surface area (Å²) in [4.78, 5) is 4.25. The van der Waals surface area contributed by atoms with Crippen molar-refractivity contribution in [3.63, 3.8) is 0 Å². The van der Waals surface area contributed by atoms with E-state index in [1.807, 2.05) is 30.6 Å². The van der Waals surface area contributed by atoms with Crippen molar-refractivity contribution in [2.24, 2.45) is 0 Å². The summed E-state index contributed by atoms with van der Waals surface area (Å²) in [7, 11) is 0. The molecule has 0 saturated heterocycles. The third-order valence-corrected chi connectivity index (χ3v) is 3.28. The lowest BCUT2D eigenvalue weighted by atomic mass is 10.1. The third-order valence-electron chi connectivity index (χ3n) is 3.28. The maximum absolute atomic E-state index is 13.1. The second-order valence-electron chi connectivity index (χ2n) is 4.75. The van der Waals surface area contributed by atoms with Gasteiger partial charge in [0, 0.05) is 30.9 Å². The Balaban J connectivity index is 1.71. The van der Waals surface area contributed by atoms with Crippen molar-refractivity contribution < 1.29 is 4.39 Å². The van der Waals surface area contributed by atoms with E-state index in [1.165, 1.54) is 11.5 Å². The highest BCUT2D eigenvalue weighted by molar-refractivity contribution is 5.84. The van der Waals surface area contributed by atoms with Crippen LogP contribution in [0.15, 0.2) is 60.9 Å². The van der Waals surface area contributed by atoms with Gasteiger partial charge in [-0.3, -0.25) is 4.98 Å². The summed E-state index contributed by atoms with van der Waals surface area (Å²) in [5.74, 6) is -0.198. The SMILES string of the molecule is Fc1cccc(CNCc2cncc3ccccc23)c1. The fourth-order valence-corrected chi connectivity index (χ4v) is 2.31. The first-order chi connectivity index (χ1) is 9.83. The van der Waals surface area contributed by atoms with Crippen molar-refractivity contribution in [2.75, 3.05) is 0 Å². The van der Waals surface area contributed by atoms with Crippen LogP contribution in [0.2, 0.25) is 0 Å². The van der Waals surface area contributed by atoms with E-state index in [4.69, 9.17) is 0 Å². The molecule has 0 fully saturated rings. The monoisotopic (exact) mass is 266 g/mol. The van der Waals surface area contributed by atoms with E-state index in [9.17, 15) is 4.39 Å². The van der Waals surface area contributed by atoms with E-state index in [0.29, 0.717) is 13.1 Å². The first kappa shape index (κ1) is 12.8. The third kappa shape index (κ3) is 2.83. The highest BCUT2D eigenvalue weighted by Crippen LogP contribution is 2.16. The highest BCUT2D eigenvalue weighted by atomic mass is 19.1. The van der Waals surface area contributed by atoms with Gasteiger partial charge in [0.2, 0.25) is 0 Å². The quantitative estimate of drug-likeness (QED) is 0.779. The average molecular weight is 266 g/mol. The molecule has 1 aromatic heterocycles. The maximum atomic E-state index is 13.1. The summed E-state index contributed by atoms with van der Waals surface area (Å²) in [6.45, 7) is 1.35. The zero-order valence-electron chi connectivity index (χ0n) is 11.0. The van der Waals surface area contributed by atoms with Crippen LogP contribution in [0.5, 0.6) is 0 Å². The molecule has 1 N–H and O–H groups in total. The van der Waals surface area contributed by atoms with Crippen molar-refractivity contribution >= 4 is 10.8 Å². The van der Waals surface area contributed by atoms with Crippen LogP contribution < -0.4 is 5.32 Å². The fraction of sp³-hybridized carbons (Fsp3) is 0.118. The number of aromatic nitrogens is 1. The first-order valence-corrected chi connectivity index (χ1v) is 6.60. The van der Waals surface area contributed by atoms with Gasteiger partial charge in [-0.1, -0.05) is 36.4 Å². The summed E-state index contributed by atoms with van der Waals surface area (Å²) >= 11 is 0.